The van der Waals surface area contributed by atoms with Gasteiger partial charge in [-0.05, 0) is 17.5 Å². The van der Waals surface area contributed by atoms with Gasteiger partial charge in [0, 0.05) is 11.8 Å². The van der Waals surface area contributed by atoms with E-state index in [4.69, 9.17) is 15.4 Å². The van der Waals surface area contributed by atoms with Crippen molar-refractivity contribution in [2.75, 3.05) is 6.61 Å². The molecule has 3 rings (SSSR count). The third-order valence-electron chi connectivity index (χ3n) is 2.52. The topological polar surface area (TPSA) is 98.1 Å². The van der Waals surface area contributed by atoms with Gasteiger partial charge >= 0.3 is 0 Å². The average Bonchev–Trinajstić information content (AvgIpc) is 3.05. The van der Waals surface area contributed by atoms with Crippen LogP contribution < -0.4 is 5.73 Å². The third-order valence-corrected chi connectivity index (χ3v) is 3.37. The first-order valence-corrected chi connectivity index (χ1v) is 6.19. The summed E-state index contributed by atoms with van der Waals surface area (Å²) >= 11 is 1.60. The Kier molecular flexibility index (Phi) is 2.78. The van der Waals surface area contributed by atoms with Crippen LogP contribution in [0.3, 0.4) is 0 Å². The molecule has 3 heterocycles. The Morgan fingerprint density at radius 1 is 1.50 bits per heavy atom. The molecular formula is C11H10N4O2S. The van der Waals surface area contributed by atoms with Gasteiger partial charge < -0.3 is 15.4 Å². The van der Waals surface area contributed by atoms with E-state index in [-0.39, 0.29) is 12.5 Å². The maximum absolute atomic E-state index is 8.92. The SMILES string of the molecule is NC(CO)c1nc(-c2cnc3ccsc3c2)no1. The molecule has 0 fully saturated rings. The summed E-state index contributed by atoms with van der Waals surface area (Å²) in [5.41, 5.74) is 7.31. The van der Waals surface area contributed by atoms with Crippen molar-refractivity contribution < 1.29 is 9.63 Å². The van der Waals surface area contributed by atoms with Crippen LogP contribution in [0.5, 0.6) is 0 Å². The molecule has 7 heteroatoms. The second-order valence-corrected chi connectivity index (χ2v) is 4.72. The van der Waals surface area contributed by atoms with E-state index >= 15 is 0 Å². The molecule has 18 heavy (non-hydrogen) atoms. The van der Waals surface area contributed by atoms with Crippen molar-refractivity contribution in [3.05, 3.63) is 29.6 Å². The number of pyridine rings is 1. The predicted molar refractivity (Wildman–Crippen MR) is 66.9 cm³/mol. The van der Waals surface area contributed by atoms with Crippen LogP contribution in [0.2, 0.25) is 0 Å². The Labute approximate surface area is 106 Å². The van der Waals surface area contributed by atoms with E-state index in [1.54, 1.807) is 17.5 Å². The smallest absolute Gasteiger partial charge is 0.246 e. The fraction of sp³-hybridized carbons (Fsp3) is 0.182. The van der Waals surface area contributed by atoms with Gasteiger partial charge in [0.05, 0.1) is 16.8 Å². The summed E-state index contributed by atoms with van der Waals surface area (Å²) in [5.74, 6) is 0.649. The van der Waals surface area contributed by atoms with Gasteiger partial charge in [0.2, 0.25) is 11.7 Å². The highest BCUT2D eigenvalue weighted by Gasteiger charge is 2.15. The summed E-state index contributed by atoms with van der Waals surface area (Å²) in [6, 6.07) is 3.25. The summed E-state index contributed by atoms with van der Waals surface area (Å²) in [4.78, 5) is 8.44. The molecule has 0 amide bonds. The number of rotatable bonds is 3. The fourth-order valence-corrected chi connectivity index (χ4v) is 2.33. The lowest BCUT2D eigenvalue weighted by Crippen LogP contribution is -2.14. The molecule has 3 aromatic rings. The number of thiophene rings is 1. The molecule has 0 radical (unpaired) electrons. The van der Waals surface area contributed by atoms with Gasteiger partial charge in [0.1, 0.15) is 6.04 Å². The van der Waals surface area contributed by atoms with Gasteiger partial charge in [0.25, 0.3) is 0 Å². The fourth-order valence-electron chi connectivity index (χ4n) is 1.55. The lowest BCUT2D eigenvalue weighted by molar-refractivity contribution is 0.237. The molecule has 1 unspecified atom stereocenters. The molecule has 0 bridgehead atoms. The van der Waals surface area contributed by atoms with Gasteiger partial charge in [0.15, 0.2) is 0 Å². The molecule has 0 aliphatic rings. The van der Waals surface area contributed by atoms with E-state index in [9.17, 15) is 0 Å². The normalized spacial score (nSPS) is 13.0. The number of aromatic nitrogens is 3. The maximum Gasteiger partial charge on any atom is 0.246 e. The first-order chi connectivity index (χ1) is 8.78. The number of fused-ring (bicyclic) bond motifs is 1. The quantitative estimate of drug-likeness (QED) is 0.739. The molecule has 0 saturated heterocycles. The van der Waals surface area contributed by atoms with Crippen LogP contribution in [0.1, 0.15) is 11.9 Å². The van der Waals surface area contributed by atoms with Crippen molar-refractivity contribution in [1.29, 1.82) is 0 Å². The van der Waals surface area contributed by atoms with Crippen molar-refractivity contribution in [2.24, 2.45) is 5.73 Å². The lowest BCUT2D eigenvalue weighted by Gasteiger charge is -1.98. The van der Waals surface area contributed by atoms with Crippen LogP contribution >= 0.6 is 11.3 Å². The summed E-state index contributed by atoms with van der Waals surface area (Å²) in [5, 5.41) is 14.7. The number of hydrogen-bond acceptors (Lipinski definition) is 7. The van der Waals surface area contributed by atoms with Gasteiger partial charge in [-0.2, -0.15) is 4.98 Å². The van der Waals surface area contributed by atoms with E-state index in [0.717, 1.165) is 15.8 Å². The number of nitrogens with two attached hydrogens (primary N) is 1. The van der Waals surface area contributed by atoms with Gasteiger partial charge in [-0.25, -0.2) is 0 Å². The molecular weight excluding hydrogens is 252 g/mol. The minimum atomic E-state index is -0.648. The highest BCUT2D eigenvalue weighted by atomic mass is 32.1. The molecule has 0 spiro atoms. The molecule has 1 atom stereocenters. The highest BCUT2D eigenvalue weighted by molar-refractivity contribution is 7.17. The highest BCUT2D eigenvalue weighted by Crippen LogP contribution is 2.24. The molecule has 0 saturated carbocycles. The minimum absolute atomic E-state index is 0.221. The number of hydrogen-bond donors (Lipinski definition) is 2. The Morgan fingerprint density at radius 3 is 3.22 bits per heavy atom. The number of nitrogens with zero attached hydrogens (tertiary/aromatic N) is 3. The van der Waals surface area contributed by atoms with Gasteiger partial charge in [-0.15, -0.1) is 11.3 Å². The van der Waals surface area contributed by atoms with Crippen LogP contribution in [0.4, 0.5) is 0 Å². The molecule has 0 aliphatic heterocycles. The van der Waals surface area contributed by atoms with E-state index < -0.39 is 6.04 Å². The molecule has 0 aromatic carbocycles. The second kappa shape index (κ2) is 4.45. The zero-order valence-electron chi connectivity index (χ0n) is 9.28. The van der Waals surface area contributed by atoms with Crippen molar-refractivity contribution in [3.8, 4) is 11.4 Å². The van der Waals surface area contributed by atoms with Crippen LogP contribution in [0, 0.1) is 0 Å². The molecule has 0 aliphatic carbocycles. The average molecular weight is 262 g/mol. The number of aliphatic hydroxyl groups excluding tert-OH is 1. The van der Waals surface area contributed by atoms with Crippen LogP contribution in [-0.2, 0) is 0 Å². The van der Waals surface area contributed by atoms with Crippen LogP contribution in [-0.4, -0.2) is 26.8 Å². The van der Waals surface area contributed by atoms with Gasteiger partial charge in [-0.3, -0.25) is 4.98 Å². The predicted octanol–water partition coefficient (Wildman–Crippen LogP) is 1.34. The standard InChI is InChI=1S/C11H10N4O2S/c12-7(5-16)11-14-10(15-17-11)6-3-9-8(13-4-6)1-2-18-9/h1-4,7,16H,5,12H2. The minimum Gasteiger partial charge on any atom is -0.394 e. The van der Waals surface area contributed by atoms with E-state index in [1.807, 2.05) is 17.5 Å². The monoisotopic (exact) mass is 262 g/mol. The van der Waals surface area contributed by atoms with E-state index in [0.29, 0.717) is 5.82 Å². The van der Waals surface area contributed by atoms with Crippen LogP contribution in [0.15, 0.2) is 28.2 Å². The first kappa shape index (κ1) is 11.3. The summed E-state index contributed by atoms with van der Waals surface area (Å²) < 4.78 is 6.06. The summed E-state index contributed by atoms with van der Waals surface area (Å²) in [6.45, 7) is -0.232. The van der Waals surface area contributed by atoms with E-state index in [2.05, 4.69) is 15.1 Å². The molecule has 3 aromatic heterocycles. The zero-order valence-corrected chi connectivity index (χ0v) is 10.1. The first-order valence-electron chi connectivity index (χ1n) is 5.31. The maximum atomic E-state index is 8.92. The summed E-state index contributed by atoms with van der Waals surface area (Å²) in [6.07, 6.45) is 1.69. The van der Waals surface area contributed by atoms with Crippen LogP contribution in [0.25, 0.3) is 21.6 Å². The lowest BCUT2D eigenvalue weighted by atomic mass is 10.2. The Morgan fingerprint density at radius 2 is 2.39 bits per heavy atom. The Balaban J connectivity index is 2.00. The molecule has 3 N–H and O–H groups in total. The largest absolute Gasteiger partial charge is 0.394 e. The van der Waals surface area contributed by atoms with Crippen molar-refractivity contribution >= 4 is 21.6 Å². The van der Waals surface area contributed by atoms with Crippen molar-refractivity contribution in [3.63, 3.8) is 0 Å². The van der Waals surface area contributed by atoms with Crippen molar-refractivity contribution in [1.82, 2.24) is 15.1 Å². The number of aliphatic hydroxyl groups is 1. The molecule has 92 valence electrons. The van der Waals surface area contributed by atoms with Gasteiger partial charge in [-0.1, -0.05) is 5.16 Å². The summed E-state index contributed by atoms with van der Waals surface area (Å²) in [7, 11) is 0. The Bertz CT molecular complexity index is 678. The second-order valence-electron chi connectivity index (χ2n) is 3.77. The zero-order chi connectivity index (χ0) is 12.5. The third kappa shape index (κ3) is 1.88. The Hall–Kier alpha value is -1.83. The molecule has 6 nitrogen and oxygen atoms in total. The van der Waals surface area contributed by atoms with E-state index in [1.165, 1.54) is 0 Å². The van der Waals surface area contributed by atoms with Crippen molar-refractivity contribution in [2.45, 2.75) is 6.04 Å².